The SMILES string of the molecule is COc1ccc([C@@H]2OC3(CCN(C)CC3)c3ccccc32)cc1. The van der Waals surface area contributed by atoms with Gasteiger partial charge in [0.15, 0.2) is 0 Å². The first-order chi connectivity index (χ1) is 11.2. The molecule has 1 spiro atoms. The Morgan fingerprint density at radius 2 is 1.74 bits per heavy atom. The van der Waals surface area contributed by atoms with Crippen molar-refractivity contribution in [3.05, 3.63) is 65.2 Å². The van der Waals surface area contributed by atoms with Crippen LogP contribution in [0.15, 0.2) is 48.5 Å². The molecule has 1 atom stereocenters. The van der Waals surface area contributed by atoms with Gasteiger partial charge in [-0.15, -0.1) is 0 Å². The van der Waals surface area contributed by atoms with Crippen LogP contribution in [0.5, 0.6) is 5.75 Å². The summed E-state index contributed by atoms with van der Waals surface area (Å²) in [5.74, 6) is 0.883. The summed E-state index contributed by atoms with van der Waals surface area (Å²) in [5.41, 5.74) is 3.79. The van der Waals surface area contributed by atoms with Crippen LogP contribution in [-0.4, -0.2) is 32.1 Å². The van der Waals surface area contributed by atoms with Gasteiger partial charge in [0, 0.05) is 13.1 Å². The number of hydrogen-bond donors (Lipinski definition) is 0. The number of fused-ring (bicyclic) bond motifs is 2. The van der Waals surface area contributed by atoms with Crippen LogP contribution in [-0.2, 0) is 10.3 Å². The summed E-state index contributed by atoms with van der Waals surface area (Å²) in [6.07, 6.45) is 2.15. The van der Waals surface area contributed by atoms with Crippen molar-refractivity contribution in [1.29, 1.82) is 0 Å². The van der Waals surface area contributed by atoms with E-state index in [1.807, 2.05) is 12.1 Å². The highest BCUT2D eigenvalue weighted by molar-refractivity contribution is 5.44. The minimum atomic E-state index is -0.117. The Hall–Kier alpha value is -1.84. The van der Waals surface area contributed by atoms with E-state index in [9.17, 15) is 0 Å². The fourth-order valence-corrected chi connectivity index (χ4v) is 3.89. The molecule has 0 amide bonds. The van der Waals surface area contributed by atoms with E-state index >= 15 is 0 Å². The van der Waals surface area contributed by atoms with Crippen LogP contribution in [0.1, 0.15) is 35.6 Å². The highest BCUT2D eigenvalue weighted by Gasteiger charge is 2.46. The molecular formula is C20H23NO2. The van der Waals surface area contributed by atoms with Crippen LogP contribution in [0.2, 0.25) is 0 Å². The molecule has 0 radical (unpaired) electrons. The monoisotopic (exact) mass is 309 g/mol. The quantitative estimate of drug-likeness (QED) is 0.843. The number of ether oxygens (including phenoxy) is 2. The lowest BCUT2D eigenvalue weighted by molar-refractivity contribution is -0.0941. The van der Waals surface area contributed by atoms with Crippen molar-refractivity contribution in [2.45, 2.75) is 24.5 Å². The average Bonchev–Trinajstić information content (AvgIpc) is 2.93. The highest BCUT2D eigenvalue weighted by Crippen LogP contribution is 2.51. The van der Waals surface area contributed by atoms with Gasteiger partial charge in [-0.05, 0) is 48.7 Å². The maximum Gasteiger partial charge on any atom is 0.118 e. The summed E-state index contributed by atoms with van der Waals surface area (Å²) in [6, 6.07) is 17.0. The van der Waals surface area contributed by atoms with Crippen molar-refractivity contribution in [2.75, 3.05) is 27.2 Å². The van der Waals surface area contributed by atoms with Crippen molar-refractivity contribution < 1.29 is 9.47 Å². The van der Waals surface area contributed by atoms with E-state index in [2.05, 4.69) is 48.3 Å². The van der Waals surface area contributed by atoms with Gasteiger partial charge < -0.3 is 14.4 Å². The van der Waals surface area contributed by atoms with Gasteiger partial charge in [-0.1, -0.05) is 36.4 Å². The van der Waals surface area contributed by atoms with Gasteiger partial charge in [0.05, 0.1) is 12.7 Å². The van der Waals surface area contributed by atoms with E-state index < -0.39 is 0 Å². The van der Waals surface area contributed by atoms with Gasteiger partial charge in [-0.25, -0.2) is 0 Å². The predicted octanol–water partition coefficient (Wildman–Crippen LogP) is 3.74. The number of likely N-dealkylation sites (tertiary alicyclic amines) is 1. The zero-order chi connectivity index (χ0) is 15.9. The molecule has 4 rings (SSSR count). The largest absolute Gasteiger partial charge is 0.497 e. The number of methoxy groups -OCH3 is 1. The van der Waals surface area contributed by atoms with E-state index in [4.69, 9.17) is 9.47 Å². The van der Waals surface area contributed by atoms with Gasteiger partial charge in [0.2, 0.25) is 0 Å². The average molecular weight is 309 g/mol. The second kappa shape index (κ2) is 5.66. The Morgan fingerprint density at radius 3 is 2.43 bits per heavy atom. The maximum atomic E-state index is 6.70. The molecule has 3 heteroatoms. The highest BCUT2D eigenvalue weighted by atomic mass is 16.5. The summed E-state index contributed by atoms with van der Waals surface area (Å²) >= 11 is 0. The number of nitrogens with zero attached hydrogens (tertiary/aromatic N) is 1. The maximum absolute atomic E-state index is 6.70. The Balaban J connectivity index is 1.72. The zero-order valence-corrected chi connectivity index (χ0v) is 13.8. The van der Waals surface area contributed by atoms with Crippen molar-refractivity contribution in [2.24, 2.45) is 0 Å². The van der Waals surface area contributed by atoms with Crippen LogP contribution in [0.25, 0.3) is 0 Å². The van der Waals surface area contributed by atoms with Crippen LogP contribution in [0.4, 0.5) is 0 Å². The van der Waals surface area contributed by atoms with E-state index in [0.29, 0.717) is 0 Å². The standard InChI is InChI=1S/C20H23NO2/c1-21-13-11-20(12-14-21)18-6-4-3-5-17(18)19(23-20)15-7-9-16(22-2)10-8-15/h3-10,19H,11-14H2,1-2H3/t19-/m0/s1. The first kappa shape index (κ1) is 14.7. The number of benzene rings is 2. The van der Waals surface area contributed by atoms with Crippen LogP contribution < -0.4 is 4.74 Å². The van der Waals surface area contributed by atoms with Crippen molar-refractivity contribution in [3.63, 3.8) is 0 Å². The van der Waals surface area contributed by atoms with Crippen molar-refractivity contribution in [1.82, 2.24) is 4.90 Å². The Bertz CT molecular complexity index is 687. The minimum absolute atomic E-state index is 0.0283. The molecule has 1 fully saturated rings. The molecule has 2 aromatic carbocycles. The fourth-order valence-electron chi connectivity index (χ4n) is 3.89. The number of rotatable bonds is 2. The van der Waals surface area contributed by atoms with Crippen molar-refractivity contribution in [3.8, 4) is 5.75 Å². The topological polar surface area (TPSA) is 21.7 Å². The molecule has 23 heavy (non-hydrogen) atoms. The second-order valence-corrected chi connectivity index (χ2v) is 6.66. The third-order valence-corrected chi connectivity index (χ3v) is 5.29. The van der Waals surface area contributed by atoms with E-state index in [1.165, 1.54) is 16.7 Å². The molecule has 0 N–H and O–H groups in total. The van der Waals surface area contributed by atoms with Crippen LogP contribution >= 0.6 is 0 Å². The van der Waals surface area contributed by atoms with Crippen LogP contribution in [0, 0.1) is 0 Å². The lowest BCUT2D eigenvalue weighted by Crippen LogP contribution is -2.40. The van der Waals surface area contributed by atoms with E-state index in [-0.39, 0.29) is 11.7 Å². The van der Waals surface area contributed by atoms with Crippen LogP contribution in [0.3, 0.4) is 0 Å². The van der Waals surface area contributed by atoms with E-state index in [0.717, 1.165) is 31.7 Å². The molecule has 1 saturated heterocycles. The summed E-state index contributed by atoms with van der Waals surface area (Å²) < 4.78 is 12.0. The molecule has 120 valence electrons. The molecular weight excluding hydrogens is 286 g/mol. The zero-order valence-electron chi connectivity index (χ0n) is 13.8. The first-order valence-electron chi connectivity index (χ1n) is 8.32. The smallest absolute Gasteiger partial charge is 0.118 e. The predicted molar refractivity (Wildman–Crippen MR) is 90.8 cm³/mol. The molecule has 0 aliphatic carbocycles. The van der Waals surface area contributed by atoms with E-state index in [1.54, 1.807) is 7.11 Å². The molecule has 2 aliphatic heterocycles. The lowest BCUT2D eigenvalue weighted by Gasteiger charge is -2.38. The summed E-state index contributed by atoms with van der Waals surface area (Å²) in [5, 5.41) is 0. The van der Waals surface area contributed by atoms with Gasteiger partial charge in [-0.3, -0.25) is 0 Å². The minimum Gasteiger partial charge on any atom is -0.497 e. The fraction of sp³-hybridized carbons (Fsp3) is 0.400. The Morgan fingerprint density at radius 1 is 1.04 bits per heavy atom. The van der Waals surface area contributed by atoms with Crippen molar-refractivity contribution >= 4 is 0 Å². The Labute approximate surface area is 137 Å². The summed E-state index contributed by atoms with van der Waals surface area (Å²) in [6.45, 7) is 2.17. The molecule has 2 aliphatic rings. The number of piperidine rings is 1. The number of hydrogen-bond acceptors (Lipinski definition) is 3. The molecule has 2 heterocycles. The molecule has 2 aromatic rings. The molecule has 0 saturated carbocycles. The summed E-state index contributed by atoms with van der Waals surface area (Å²) in [7, 11) is 3.89. The van der Waals surface area contributed by atoms with Gasteiger partial charge in [0.25, 0.3) is 0 Å². The third kappa shape index (κ3) is 2.44. The normalized spacial score (nSPS) is 23.0. The molecule has 0 bridgehead atoms. The lowest BCUT2D eigenvalue weighted by atomic mass is 9.83. The molecule has 3 nitrogen and oxygen atoms in total. The third-order valence-electron chi connectivity index (χ3n) is 5.29. The van der Waals surface area contributed by atoms with Gasteiger partial charge in [-0.2, -0.15) is 0 Å². The van der Waals surface area contributed by atoms with Gasteiger partial charge in [0.1, 0.15) is 11.9 Å². The van der Waals surface area contributed by atoms with Gasteiger partial charge >= 0.3 is 0 Å². The summed E-state index contributed by atoms with van der Waals surface area (Å²) in [4.78, 5) is 2.39. The first-order valence-corrected chi connectivity index (χ1v) is 8.32. The molecule has 0 unspecified atom stereocenters. The molecule has 0 aromatic heterocycles. The Kier molecular flexibility index (Phi) is 3.63. The second-order valence-electron chi connectivity index (χ2n) is 6.66.